The molecule has 1 N–H and O–H groups in total. The van der Waals surface area contributed by atoms with Gasteiger partial charge in [-0.1, -0.05) is 23.5 Å². The first-order chi connectivity index (χ1) is 12.1. The van der Waals surface area contributed by atoms with Crippen LogP contribution in [0.1, 0.15) is 13.8 Å². The van der Waals surface area contributed by atoms with Crippen molar-refractivity contribution in [3.8, 4) is 11.5 Å². The molecule has 25 heavy (non-hydrogen) atoms. The van der Waals surface area contributed by atoms with Crippen LogP contribution in [0.3, 0.4) is 0 Å². The average molecular weight is 360 g/mol. The van der Waals surface area contributed by atoms with Crippen LogP contribution in [0.25, 0.3) is 10.2 Å². The maximum atomic E-state index is 13.6. The summed E-state index contributed by atoms with van der Waals surface area (Å²) in [6, 6.07) is 11.5. The molecule has 0 spiro atoms. The molecule has 1 aromatic heterocycles. The Kier molecular flexibility index (Phi) is 5.14. The third kappa shape index (κ3) is 4.06. The van der Waals surface area contributed by atoms with E-state index in [0.717, 1.165) is 16.0 Å². The molecular weight excluding hydrogens is 343 g/mol. The summed E-state index contributed by atoms with van der Waals surface area (Å²) < 4.78 is 25.3. The van der Waals surface area contributed by atoms with E-state index < -0.39 is 17.8 Å². The number of nitrogens with zero attached hydrogens (tertiary/aromatic N) is 1. The molecule has 130 valence electrons. The van der Waals surface area contributed by atoms with E-state index in [1.165, 1.54) is 23.5 Å². The smallest absolute Gasteiger partial charge is 0.266 e. The van der Waals surface area contributed by atoms with Crippen molar-refractivity contribution in [2.24, 2.45) is 0 Å². The molecule has 1 heterocycles. The zero-order chi connectivity index (χ0) is 17.8. The van der Waals surface area contributed by atoms with Gasteiger partial charge in [-0.3, -0.25) is 10.1 Å². The number of aromatic nitrogens is 1. The summed E-state index contributed by atoms with van der Waals surface area (Å²) >= 11 is 1.34. The molecule has 0 fully saturated rings. The van der Waals surface area contributed by atoms with Crippen LogP contribution in [0.4, 0.5) is 9.52 Å². The number of anilines is 1. The topological polar surface area (TPSA) is 60.5 Å². The summed E-state index contributed by atoms with van der Waals surface area (Å²) in [6.07, 6.45) is -0.858. The second-order valence-corrected chi connectivity index (χ2v) is 6.29. The molecule has 0 bridgehead atoms. The Morgan fingerprint density at radius 3 is 2.88 bits per heavy atom. The number of ether oxygens (including phenoxy) is 2. The summed E-state index contributed by atoms with van der Waals surface area (Å²) in [6.45, 7) is 4.06. The molecule has 1 unspecified atom stereocenters. The van der Waals surface area contributed by atoms with Crippen LogP contribution in [0.2, 0.25) is 0 Å². The Hall–Kier alpha value is -2.67. The highest BCUT2D eigenvalue weighted by atomic mass is 32.1. The predicted molar refractivity (Wildman–Crippen MR) is 95.9 cm³/mol. The summed E-state index contributed by atoms with van der Waals surface area (Å²) in [7, 11) is 0. The van der Waals surface area contributed by atoms with E-state index in [-0.39, 0.29) is 5.75 Å². The molecule has 0 aliphatic heterocycles. The predicted octanol–water partition coefficient (Wildman–Crippen LogP) is 4.24. The number of amides is 1. The molecule has 0 aliphatic rings. The molecule has 5 nitrogen and oxygen atoms in total. The molecule has 3 aromatic rings. The van der Waals surface area contributed by atoms with E-state index in [2.05, 4.69) is 10.3 Å². The fraction of sp³-hybridized carbons (Fsp3) is 0.222. The number of hydrogen-bond donors (Lipinski definition) is 1. The van der Waals surface area contributed by atoms with E-state index in [9.17, 15) is 9.18 Å². The third-order valence-electron chi connectivity index (χ3n) is 3.41. The molecule has 0 radical (unpaired) electrons. The zero-order valence-electron chi connectivity index (χ0n) is 13.8. The third-order valence-corrected chi connectivity index (χ3v) is 4.34. The zero-order valence-corrected chi connectivity index (χ0v) is 14.6. The molecule has 0 saturated heterocycles. The van der Waals surface area contributed by atoms with Gasteiger partial charge in [-0.2, -0.15) is 0 Å². The number of carbonyl (C=O) groups excluding carboxylic acids is 1. The molecule has 7 heteroatoms. The maximum absolute atomic E-state index is 13.6. The van der Waals surface area contributed by atoms with Gasteiger partial charge in [-0.15, -0.1) is 0 Å². The SMILES string of the molecule is CCOc1ccc2nc(NC(=O)C(C)Oc3ccccc3F)sc2c1. The second kappa shape index (κ2) is 7.48. The second-order valence-electron chi connectivity index (χ2n) is 5.26. The fourth-order valence-corrected chi connectivity index (χ4v) is 3.10. The Morgan fingerprint density at radius 2 is 2.12 bits per heavy atom. The Labute approximate surface area is 148 Å². The number of hydrogen-bond acceptors (Lipinski definition) is 5. The minimum absolute atomic E-state index is 0.0378. The van der Waals surface area contributed by atoms with Gasteiger partial charge in [-0.05, 0) is 44.2 Å². The van der Waals surface area contributed by atoms with E-state index in [1.54, 1.807) is 19.1 Å². The lowest BCUT2D eigenvalue weighted by molar-refractivity contribution is -0.122. The number of fused-ring (bicyclic) bond motifs is 1. The quantitative estimate of drug-likeness (QED) is 0.714. The summed E-state index contributed by atoms with van der Waals surface area (Å²) in [5, 5.41) is 3.16. The van der Waals surface area contributed by atoms with Crippen LogP contribution in [0, 0.1) is 5.82 Å². The van der Waals surface area contributed by atoms with Crippen molar-refractivity contribution < 1.29 is 18.7 Å². The fourth-order valence-electron chi connectivity index (χ4n) is 2.21. The number of rotatable bonds is 6. The molecular formula is C18H17FN2O3S. The first kappa shape index (κ1) is 17.2. The van der Waals surface area contributed by atoms with Crippen LogP contribution in [0.5, 0.6) is 11.5 Å². The lowest BCUT2D eigenvalue weighted by Crippen LogP contribution is -2.30. The van der Waals surface area contributed by atoms with E-state index in [1.807, 2.05) is 25.1 Å². The van der Waals surface area contributed by atoms with Gasteiger partial charge in [-0.25, -0.2) is 9.37 Å². The van der Waals surface area contributed by atoms with Crippen molar-refractivity contribution >= 4 is 32.6 Å². The van der Waals surface area contributed by atoms with E-state index >= 15 is 0 Å². The molecule has 2 aromatic carbocycles. The number of benzene rings is 2. The van der Waals surface area contributed by atoms with Gasteiger partial charge in [0, 0.05) is 0 Å². The molecule has 0 aliphatic carbocycles. The van der Waals surface area contributed by atoms with Gasteiger partial charge < -0.3 is 9.47 Å². The normalized spacial score (nSPS) is 12.0. The summed E-state index contributed by atoms with van der Waals surface area (Å²) in [5.74, 6) is -0.110. The molecule has 1 amide bonds. The van der Waals surface area contributed by atoms with Crippen molar-refractivity contribution in [3.63, 3.8) is 0 Å². The highest BCUT2D eigenvalue weighted by Gasteiger charge is 2.18. The van der Waals surface area contributed by atoms with Crippen LogP contribution in [-0.4, -0.2) is 23.6 Å². The van der Waals surface area contributed by atoms with Gasteiger partial charge in [0.2, 0.25) is 0 Å². The number of halogens is 1. The first-order valence-corrected chi connectivity index (χ1v) is 8.64. The lowest BCUT2D eigenvalue weighted by Gasteiger charge is -2.13. The molecule has 1 atom stereocenters. The average Bonchev–Trinajstić information content (AvgIpc) is 2.98. The van der Waals surface area contributed by atoms with Crippen molar-refractivity contribution in [1.82, 2.24) is 4.98 Å². The minimum atomic E-state index is -0.858. The van der Waals surface area contributed by atoms with E-state index in [0.29, 0.717) is 11.7 Å². The Morgan fingerprint density at radius 1 is 1.32 bits per heavy atom. The number of carbonyl (C=O) groups is 1. The first-order valence-electron chi connectivity index (χ1n) is 7.82. The Bertz CT molecular complexity index is 897. The number of thiazole rings is 1. The Balaban J connectivity index is 1.69. The van der Waals surface area contributed by atoms with Crippen molar-refractivity contribution in [3.05, 3.63) is 48.3 Å². The van der Waals surface area contributed by atoms with Gasteiger partial charge in [0.1, 0.15) is 5.75 Å². The summed E-state index contributed by atoms with van der Waals surface area (Å²) in [5.41, 5.74) is 0.770. The maximum Gasteiger partial charge on any atom is 0.266 e. The van der Waals surface area contributed by atoms with Crippen LogP contribution < -0.4 is 14.8 Å². The minimum Gasteiger partial charge on any atom is -0.494 e. The van der Waals surface area contributed by atoms with Gasteiger partial charge in [0.05, 0.1) is 16.8 Å². The van der Waals surface area contributed by atoms with Crippen molar-refractivity contribution in [2.75, 3.05) is 11.9 Å². The van der Waals surface area contributed by atoms with Crippen LogP contribution in [-0.2, 0) is 4.79 Å². The van der Waals surface area contributed by atoms with Crippen LogP contribution in [0.15, 0.2) is 42.5 Å². The van der Waals surface area contributed by atoms with Crippen LogP contribution >= 0.6 is 11.3 Å². The number of para-hydroxylation sites is 1. The molecule has 0 saturated carbocycles. The summed E-state index contributed by atoms with van der Waals surface area (Å²) in [4.78, 5) is 16.6. The highest BCUT2D eigenvalue weighted by Crippen LogP contribution is 2.29. The van der Waals surface area contributed by atoms with Crippen molar-refractivity contribution in [2.45, 2.75) is 20.0 Å². The van der Waals surface area contributed by atoms with E-state index in [4.69, 9.17) is 9.47 Å². The van der Waals surface area contributed by atoms with Gasteiger partial charge in [0.15, 0.2) is 22.8 Å². The standard InChI is InChI=1S/C18H17FN2O3S/c1-3-23-12-8-9-14-16(10-12)25-18(20-14)21-17(22)11(2)24-15-7-5-4-6-13(15)19/h4-11H,3H2,1-2H3,(H,20,21,22). The van der Waals surface area contributed by atoms with Gasteiger partial charge in [0.25, 0.3) is 5.91 Å². The number of nitrogens with one attached hydrogen (secondary N) is 1. The lowest BCUT2D eigenvalue weighted by atomic mass is 10.3. The van der Waals surface area contributed by atoms with Crippen molar-refractivity contribution in [1.29, 1.82) is 0 Å². The largest absolute Gasteiger partial charge is 0.494 e. The highest BCUT2D eigenvalue weighted by molar-refractivity contribution is 7.22. The monoisotopic (exact) mass is 360 g/mol. The van der Waals surface area contributed by atoms with Gasteiger partial charge >= 0.3 is 0 Å². The molecule has 3 rings (SSSR count).